The highest BCUT2D eigenvalue weighted by molar-refractivity contribution is 5.93. The first-order valence-corrected chi connectivity index (χ1v) is 15.7. The van der Waals surface area contributed by atoms with Crippen molar-refractivity contribution in [2.45, 2.75) is 96.9 Å². The molecule has 5 N–H and O–H groups in total. The molecule has 5 rings (SSSR count). The largest absolute Gasteiger partial charge is 0.453 e. The summed E-state index contributed by atoms with van der Waals surface area (Å²) < 4.78 is 10.7. The average molecular weight is 616 g/mol. The zero-order chi connectivity index (χ0) is 32.6. The lowest BCUT2D eigenvalue weighted by Gasteiger charge is -2.68. The molecule has 1 heterocycles. The standard InChI is InChI=1S/C34H49NO9/c1-17-14-23-33(39,16-43-23)28-20(4)34(40)15-22(18(2)24(31(34,5)6)26(36)29(37)32(17,28)7)27(44-41)19(3)25(35-30(38)42-8)21-12-10-9-11-13-21/h9-13,17,19-20,22-23,25-28,36,39-41H,14-16H2,1-8H3,(H,35,38)/t17-,19?,20?,22?,23?,25?,26?,27-,28?,32+,33?,34?/m0/s1. The molecule has 1 saturated heterocycles. The molecule has 0 aromatic heterocycles. The van der Waals surface area contributed by atoms with Crippen molar-refractivity contribution in [3.05, 3.63) is 47.0 Å². The molecule has 1 amide bonds. The van der Waals surface area contributed by atoms with Crippen LogP contribution >= 0.6 is 0 Å². The summed E-state index contributed by atoms with van der Waals surface area (Å²) in [6, 6.07) is 8.60. The molecule has 3 fully saturated rings. The number of ketones is 1. The minimum Gasteiger partial charge on any atom is -0.453 e. The van der Waals surface area contributed by atoms with E-state index in [1.165, 1.54) is 7.11 Å². The molecule has 0 radical (unpaired) electrons. The molecule has 2 bridgehead atoms. The van der Waals surface area contributed by atoms with Crippen LogP contribution in [0.3, 0.4) is 0 Å². The van der Waals surface area contributed by atoms with Gasteiger partial charge in [0.15, 0.2) is 5.78 Å². The Morgan fingerprint density at radius 2 is 1.77 bits per heavy atom. The van der Waals surface area contributed by atoms with E-state index in [0.717, 1.165) is 5.56 Å². The maximum atomic E-state index is 14.5. The van der Waals surface area contributed by atoms with E-state index in [4.69, 9.17) is 14.4 Å². The summed E-state index contributed by atoms with van der Waals surface area (Å²) >= 11 is 0. The van der Waals surface area contributed by atoms with Gasteiger partial charge < -0.3 is 30.1 Å². The summed E-state index contributed by atoms with van der Waals surface area (Å²) in [4.78, 5) is 32.2. The molecule has 10 heteroatoms. The van der Waals surface area contributed by atoms with Crippen molar-refractivity contribution < 1.29 is 44.5 Å². The molecular formula is C34H49NO9. The van der Waals surface area contributed by atoms with Crippen LogP contribution in [0, 0.1) is 40.4 Å². The van der Waals surface area contributed by atoms with Crippen LogP contribution < -0.4 is 5.32 Å². The Labute approximate surface area is 259 Å². The van der Waals surface area contributed by atoms with E-state index in [0.29, 0.717) is 17.6 Å². The summed E-state index contributed by atoms with van der Waals surface area (Å²) in [6.45, 7) is 13.1. The van der Waals surface area contributed by atoms with Gasteiger partial charge in [0, 0.05) is 28.6 Å². The van der Waals surface area contributed by atoms with Crippen molar-refractivity contribution in [3.8, 4) is 0 Å². The van der Waals surface area contributed by atoms with Crippen LogP contribution in [0.15, 0.2) is 41.5 Å². The van der Waals surface area contributed by atoms with Gasteiger partial charge >= 0.3 is 6.09 Å². The zero-order valence-corrected chi connectivity index (χ0v) is 27.0. The highest BCUT2D eigenvalue weighted by Gasteiger charge is 2.73. The molecule has 4 aliphatic rings. The van der Waals surface area contributed by atoms with Crippen molar-refractivity contribution in [2.24, 2.45) is 40.4 Å². The van der Waals surface area contributed by atoms with Crippen LogP contribution in [-0.2, 0) is 19.2 Å². The summed E-state index contributed by atoms with van der Waals surface area (Å²) in [5.74, 6) is -3.13. The normalized spacial score (nSPS) is 41.6. The maximum absolute atomic E-state index is 14.5. The second-order valence-electron chi connectivity index (χ2n) is 14.7. The molecule has 1 aromatic rings. The van der Waals surface area contributed by atoms with E-state index in [2.05, 4.69) is 5.32 Å². The number of benzene rings is 1. The number of aliphatic hydroxyl groups excluding tert-OH is 1. The van der Waals surface area contributed by atoms with Gasteiger partial charge in [0.1, 0.15) is 17.8 Å². The quantitative estimate of drug-likeness (QED) is 0.181. The van der Waals surface area contributed by atoms with Gasteiger partial charge in [-0.25, -0.2) is 9.68 Å². The fourth-order valence-corrected chi connectivity index (χ4v) is 9.81. The number of carbonyl (C=O) groups is 2. The van der Waals surface area contributed by atoms with Crippen LogP contribution in [0.25, 0.3) is 0 Å². The van der Waals surface area contributed by atoms with Crippen LogP contribution in [-0.4, -0.2) is 75.7 Å². The average Bonchev–Trinajstić information content (AvgIpc) is 2.99. The smallest absolute Gasteiger partial charge is 0.407 e. The molecule has 244 valence electrons. The van der Waals surface area contributed by atoms with Gasteiger partial charge in [-0.1, -0.05) is 77.4 Å². The Morgan fingerprint density at radius 1 is 1.14 bits per heavy atom. The Hall–Kier alpha value is -2.34. The van der Waals surface area contributed by atoms with Crippen molar-refractivity contribution >= 4 is 11.9 Å². The van der Waals surface area contributed by atoms with Gasteiger partial charge in [-0.2, -0.15) is 0 Å². The summed E-state index contributed by atoms with van der Waals surface area (Å²) in [6.07, 6.45) is -3.04. The number of Topliss-reactive ketones (excluding diaryl/α,β-unsaturated/α-hetero) is 1. The van der Waals surface area contributed by atoms with Gasteiger partial charge in [-0.3, -0.25) is 10.1 Å². The first kappa shape index (κ1) is 33.0. The first-order chi connectivity index (χ1) is 20.5. The number of nitrogens with one attached hydrogen (secondary N) is 1. The minimum atomic E-state index is -1.55. The summed E-state index contributed by atoms with van der Waals surface area (Å²) in [5, 5.41) is 50.4. The second-order valence-corrected chi connectivity index (χ2v) is 14.7. The first-order valence-electron chi connectivity index (χ1n) is 15.7. The Morgan fingerprint density at radius 3 is 2.32 bits per heavy atom. The predicted octanol–water partition coefficient (Wildman–Crippen LogP) is 4.04. The van der Waals surface area contributed by atoms with Crippen molar-refractivity contribution in [3.63, 3.8) is 0 Å². The molecule has 44 heavy (non-hydrogen) atoms. The third kappa shape index (κ3) is 4.43. The van der Waals surface area contributed by atoms with Gasteiger partial charge in [0.25, 0.3) is 0 Å². The number of carbonyl (C=O) groups excluding carboxylic acids is 2. The summed E-state index contributed by atoms with van der Waals surface area (Å²) in [7, 11) is 1.27. The fourth-order valence-electron chi connectivity index (χ4n) is 9.81. The number of ether oxygens (including phenoxy) is 2. The molecule has 1 aromatic carbocycles. The van der Waals surface area contributed by atoms with Gasteiger partial charge in [0.05, 0.1) is 31.5 Å². The van der Waals surface area contributed by atoms with Crippen LogP contribution in [0.4, 0.5) is 4.79 Å². The Kier molecular flexibility index (Phi) is 8.39. The highest BCUT2D eigenvalue weighted by atomic mass is 17.1. The third-order valence-corrected chi connectivity index (χ3v) is 12.6. The topological polar surface area (TPSA) is 155 Å². The SMILES string of the molecule is COC(=O)NC(c1ccccc1)C(C)[C@H](OO)C1CC2(O)C(C)C3C4(O)COC4C[C@H](C)[C@@]3(C)C(=O)C(O)C(=C1C)C2(C)C. The molecule has 12 atom stereocenters. The number of alkyl carbamates (subject to hydrolysis) is 1. The molecule has 2 saturated carbocycles. The zero-order valence-electron chi connectivity index (χ0n) is 27.0. The number of rotatable bonds is 6. The van der Waals surface area contributed by atoms with E-state index >= 15 is 0 Å². The second kappa shape index (κ2) is 11.2. The molecule has 9 unspecified atom stereocenters. The number of hydrogen-bond donors (Lipinski definition) is 5. The van der Waals surface area contributed by atoms with E-state index in [9.17, 15) is 30.2 Å². The predicted molar refractivity (Wildman–Crippen MR) is 161 cm³/mol. The highest BCUT2D eigenvalue weighted by Crippen LogP contribution is 2.66. The fraction of sp³-hybridized carbons (Fsp3) is 0.706. The van der Waals surface area contributed by atoms with E-state index in [1.54, 1.807) is 0 Å². The lowest BCUT2D eigenvalue weighted by Crippen LogP contribution is -2.77. The van der Waals surface area contributed by atoms with Crippen LogP contribution in [0.2, 0.25) is 0 Å². The van der Waals surface area contributed by atoms with Gasteiger partial charge in [-0.05, 0) is 42.7 Å². The van der Waals surface area contributed by atoms with E-state index in [1.807, 2.05) is 78.8 Å². The minimum absolute atomic E-state index is 0.0530. The number of aliphatic hydroxyl groups is 3. The molecule has 1 aliphatic heterocycles. The Bertz CT molecular complexity index is 1310. The van der Waals surface area contributed by atoms with E-state index in [-0.39, 0.29) is 24.7 Å². The summed E-state index contributed by atoms with van der Waals surface area (Å²) in [5.41, 5.74) is -3.26. The molecular weight excluding hydrogens is 566 g/mol. The molecule has 0 spiro atoms. The number of fused-ring (bicyclic) bond motifs is 5. The molecule has 10 nitrogen and oxygen atoms in total. The van der Waals surface area contributed by atoms with E-state index < -0.39 is 76.2 Å². The number of amides is 1. The Balaban J connectivity index is 1.66. The lowest BCUT2D eigenvalue weighted by atomic mass is 9.41. The number of hydrogen-bond acceptors (Lipinski definition) is 9. The van der Waals surface area contributed by atoms with Crippen molar-refractivity contribution in [1.29, 1.82) is 0 Å². The van der Waals surface area contributed by atoms with Crippen LogP contribution in [0.1, 0.15) is 72.9 Å². The van der Waals surface area contributed by atoms with Crippen molar-refractivity contribution in [1.82, 2.24) is 5.32 Å². The lowest BCUT2D eigenvalue weighted by molar-refractivity contribution is -0.332. The maximum Gasteiger partial charge on any atom is 0.407 e. The van der Waals surface area contributed by atoms with Crippen molar-refractivity contribution in [2.75, 3.05) is 13.7 Å². The van der Waals surface area contributed by atoms with Crippen LogP contribution in [0.5, 0.6) is 0 Å². The van der Waals surface area contributed by atoms with Gasteiger partial charge in [0.2, 0.25) is 0 Å². The molecule has 3 aliphatic carbocycles. The monoisotopic (exact) mass is 615 g/mol. The number of methoxy groups -OCH3 is 1. The van der Waals surface area contributed by atoms with Gasteiger partial charge in [-0.15, -0.1) is 0 Å². The third-order valence-electron chi connectivity index (χ3n) is 12.6.